The lowest BCUT2D eigenvalue weighted by Gasteiger charge is -2.11. The van der Waals surface area contributed by atoms with Crippen molar-refractivity contribution in [2.45, 2.75) is 25.2 Å². The standard InChI is InChI=1S/C13H12FNO2S/c14-7-4-5-10-11(6-7)18-12(15-10)8-2-1-3-9(8)13(16)17/h4-6,8-9H,1-3H2,(H,16,17). The number of nitrogens with zero attached hydrogens (tertiary/aromatic N) is 1. The van der Waals surface area contributed by atoms with Crippen LogP contribution in [0, 0.1) is 11.7 Å². The summed E-state index contributed by atoms with van der Waals surface area (Å²) in [6.45, 7) is 0. The van der Waals surface area contributed by atoms with Crippen LogP contribution in [-0.4, -0.2) is 16.1 Å². The monoisotopic (exact) mass is 265 g/mol. The van der Waals surface area contributed by atoms with Gasteiger partial charge < -0.3 is 5.11 Å². The van der Waals surface area contributed by atoms with E-state index in [1.807, 2.05) is 0 Å². The molecule has 1 heterocycles. The van der Waals surface area contributed by atoms with Gasteiger partial charge in [-0.1, -0.05) is 6.42 Å². The SMILES string of the molecule is O=C(O)C1CCCC1c1nc2ccc(F)cc2s1. The molecule has 0 bridgehead atoms. The first-order chi connectivity index (χ1) is 8.65. The van der Waals surface area contributed by atoms with Crippen molar-refractivity contribution in [3.8, 4) is 0 Å². The molecule has 0 amide bonds. The smallest absolute Gasteiger partial charge is 0.307 e. The lowest BCUT2D eigenvalue weighted by atomic mass is 9.97. The first-order valence-corrected chi connectivity index (χ1v) is 6.75. The third kappa shape index (κ3) is 1.88. The molecule has 2 aromatic rings. The second kappa shape index (κ2) is 4.31. The molecular formula is C13H12FNO2S. The Bertz CT molecular complexity index is 610. The Hall–Kier alpha value is -1.49. The maximum absolute atomic E-state index is 13.1. The molecule has 18 heavy (non-hydrogen) atoms. The fourth-order valence-corrected chi connectivity index (χ4v) is 3.82. The van der Waals surface area contributed by atoms with E-state index in [0.29, 0.717) is 6.42 Å². The predicted octanol–water partition coefficient (Wildman–Crippen LogP) is 3.40. The van der Waals surface area contributed by atoms with E-state index in [2.05, 4.69) is 4.98 Å². The Morgan fingerprint density at radius 1 is 1.44 bits per heavy atom. The third-order valence-corrected chi connectivity index (χ3v) is 4.67. The van der Waals surface area contributed by atoms with Crippen LogP contribution < -0.4 is 0 Å². The van der Waals surface area contributed by atoms with Gasteiger partial charge in [-0.3, -0.25) is 4.79 Å². The van der Waals surface area contributed by atoms with Gasteiger partial charge in [0.2, 0.25) is 0 Å². The number of fused-ring (bicyclic) bond motifs is 1. The molecule has 5 heteroatoms. The number of carboxylic acids is 1. The van der Waals surface area contributed by atoms with E-state index in [9.17, 15) is 14.3 Å². The van der Waals surface area contributed by atoms with Crippen molar-refractivity contribution in [1.29, 1.82) is 0 Å². The molecule has 2 unspecified atom stereocenters. The van der Waals surface area contributed by atoms with Crippen LogP contribution >= 0.6 is 11.3 Å². The third-order valence-electron chi connectivity index (χ3n) is 3.52. The molecule has 0 saturated heterocycles. The zero-order valence-electron chi connectivity index (χ0n) is 9.60. The van der Waals surface area contributed by atoms with Crippen LogP contribution in [0.5, 0.6) is 0 Å². The van der Waals surface area contributed by atoms with Crippen molar-refractivity contribution in [2.75, 3.05) is 0 Å². The molecule has 94 valence electrons. The van der Waals surface area contributed by atoms with Crippen molar-refractivity contribution in [3.05, 3.63) is 29.0 Å². The van der Waals surface area contributed by atoms with Crippen LogP contribution in [0.3, 0.4) is 0 Å². The summed E-state index contributed by atoms with van der Waals surface area (Å²) in [7, 11) is 0. The Kier molecular flexibility index (Phi) is 2.78. The molecule has 3 nitrogen and oxygen atoms in total. The van der Waals surface area contributed by atoms with Crippen LogP contribution in [0.25, 0.3) is 10.2 Å². The number of aliphatic carboxylic acids is 1. The molecule has 1 N–H and O–H groups in total. The minimum atomic E-state index is -0.747. The lowest BCUT2D eigenvalue weighted by Crippen LogP contribution is -2.16. The fourth-order valence-electron chi connectivity index (χ4n) is 2.63. The van der Waals surface area contributed by atoms with Crippen LogP contribution in [0.1, 0.15) is 30.2 Å². The lowest BCUT2D eigenvalue weighted by molar-refractivity contribution is -0.142. The molecule has 1 aromatic carbocycles. The van der Waals surface area contributed by atoms with Gasteiger partial charge >= 0.3 is 5.97 Å². The van der Waals surface area contributed by atoms with Gasteiger partial charge in [0, 0.05) is 5.92 Å². The van der Waals surface area contributed by atoms with Crippen molar-refractivity contribution >= 4 is 27.5 Å². The summed E-state index contributed by atoms with van der Waals surface area (Å²) in [6.07, 6.45) is 2.50. The zero-order chi connectivity index (χ0) is 12.7. The zero-order valence-corrected chi connectivity index (χ0v) is 10.4. The minimum Gasteiger partial charge on any atom is -0.481 e. The van der Waals surface area contributed by atoms with Gasteiger partial charge in [-0.05, 0) is 31.0 Å². The van der Waals surface area contributed by atoms with Crippen molar-refractivity contribution in [2.24, 2.45) is 5.92 Å². The van der Waals surface area contributed by atoms with Crippen LogP contribution in [0.2, 0.25) is 0 Å². The highest BCUT2D eigenvalue weighted by Gasteiger charge is 2.35. The summed E-state index contributed by atoms with van der Waals surface area (Å²) in [5, 5.41) is 10.0. The van der Waals surface area contributed by atoms with Gasteiger partial charge in [0.15, 0.2) is 0 Å². The number of hydrogen-bond donors (Lipinski definition) is 1. The summed E-state index contributed by atoms with van der Waals surface area (Å²) in [5.74, 6) is -1.37. The summed E-state index contributed by atoms with van der Waals surface area (Å²) in [4.78, 5) is 15.6. The second-order valence-corrected chi connectivity index (χ2v) is 5.71. The maximum atomic E-state index is 13.1. The van der Waals surface area contributed by atoms with Crippen LogP contribution in [0.15, 0.2) is 18.2 Å². The Balaban J connectivity index is 2.01. The minimum absolute atomic E-state index is 0.0111. The average molecular weight is 265 g/mol. The molecule has 1 aliphatic rings. The van der Waals surface area contributed by atoms with Gasteiger partial charge in [-0.15, -0.1) is 11.3 Å². The number of thiazole rings is 1. The predicted molar refractivity (Wildman–Crippen MR) is 67.3 cm³/mol. The summed E-state index contributed by atoms with van der Waals surface area (Å²) < 4.78 is 13.9. The number of carboxylic acid groups (broad SMARTS) is 1. The molecule has 1 saturated carbocycles. The Morgan fingerprint density at radius 2 is 2.28 bits per heavy atom. The number of rotatable bonds is 2. The van der Waals surface area contributed by atoms with Crippen molar-refractivity contribution in [3.63, 3.8) is 0 Å². The number of halogens is 1. The first-order valence-electron chi connectivity index (χ1n) is 5.94. The summed E-state index contributed by atoms with van der Waals surface area (Å²) in [6, 6.07) is 4.49. The van der Waals surface area contributed by atoms with E-state index in [0.717, 1.165) is 28.1 Å². The number of hydrogen-bond acceptors (Lipinski definition) is 3. The highest BCUT2D eigenvalue weighted by atomic mass is 32.1. The van der Waals surface area contributed by atoms with Crippen molar-refractivity contribution in [1.82, 2.24) is 4.98 Å². The van der Waals surface area contributed by atoms with Gasteiger partial charge in [0.05, 0.1) is 21.1 Å². The largest absolute Gasteiger partial charge is 0.481 e. The quantitative estimate of drug-likeness (QED) is 0.905. The molecule has 1 aromatic heterocycles. The number of benzene rings is 1. The van der Waals surface area contributed by atoms with Gasteiger partial charge in [-0.25, -0.2) is 9.37 Å². The van der Waals surface area contributed by atoms with Crippen molar-refractivity contribution < 1.29 is 14.3 Å². The van der Waals surface area contributed by atoms with E-state index >= 15 is 0 Å². The molecule has 0 radical (unpaired) electrons. The van der Waals surface area contributed by atoms with Gasteiger partial charge in [-0.2, -0.15) is 0 Å². The molecular weight excluding hydrogens is 253 g/mol. The molecule has 3 rings (SSSR count). The van der Waals surface area contributed by atoms with E-state index < -0.39 is 5.97 Å². The molecule has 0 aliphatic heterocycles. The molecule has 1 aliphatic carbocycles. The molecule has 2 atom stereocenters. The highest BCUT2D eigenvalue weighted by molar-refractivity contribution is 7.18. The van der Waals surface area contributed by atoms with Gasteiger partial charge in [0.1, 0.15) is 5.82 Å². The summed E-state index contributed by atoms with van der Waals surface area (Å²) in [5.41, 5.74) is 0.757. The summed E-state index contributed by atoms with van der Waals surface area (Å²) >= 11 is 1.42. The van der Waals surface area contributed by atoms with Crippen LogP contribution in [0.4, 0.5) is 4.39 Å². The maximum Gasteiger partial charge on any atom is 0.307 e. The van der Waals surface area contributed by atoms with E-state index in [-0.39, 0.29) is 17.7 Å². The van der Waals surface area contributed by atoms with E-state index in [1.54, 1.807) is 6.07 Å². The second-order valence-electron chi connectivity index (χ2n) is 4.65. The molecule has 0 spiro atoms. The van der Waals surface area contributed by atoms with E-state index in [1.165, 1.54) is 23.5 Å². The van der Waals surface area contributed by atoms with Gasteiger partial charge in [0.25, 0.3) is 0 Å². The number of aromatic nitrogens is 1. The molecule has 1 fully saturated rings. The highest BCUT2D eigenvalue weighted by Crippen LogP contribution is 2.42. The number of carbonyl (C=O) groups is 1. The normalized spacial score (nSPS) is 23.6. The fraction of sp³-hybridized carbons (Fsp3) is 0.385. The first kappa shape index (κ1) is 11.6. The topological polar surface area (TPSA) is 50.2 Å². The Labute approximate surface area is 107 Å². The van der Waals surface area contributed by atoms with Crippen LogP contribution in [-0.2, 0) is 4.79 Å². The van der Waals surface area contributed by atoms with E-state index in [4.69, 9.17) is 0 Å². The Morgan fingerprint density at radius 3 is 3.06 bits per heavy atom. The average Bonchev–Trinajstić information content (AvgIpc) is 2.93.